The number of hydrogen-bond donors (Lipinski definition) is 3. The van der Waals surface area contributed by atoms with Crippen LogP contribution in [0.3, 0.4) is 0 Å². The molecule has 1 heterocycles. The quantitative estimate of drug-likeness (QED) is 0.590. The van der Waals surface area contributed by atoms with Crippen LogP contribution in [0.2, 0.25) is 0 Å². The summed E-state index contributed by atoms with van der Waals surface area (Å²) in [6.07, 6.45) is 1.59. The van der Waals surface area contributed by atoms with E-state index in [0.717, 1.165) is 22.2 Å². The Kier molecular flexibility index (Phi) is 5.30. The smallest absolute Gasteiger partial charge is 0.169 e. The van der Waals surface area contributed by atoms with Crippen molar-refractivity contribution in [2.24, 2.45) is 11.7 Å². The van der Waals surface area contributed by atoms with Crippen LogP contribution in [0.1, 0.15) is 35.3 Å². The SMILES string of the molecule is CC(C)C(=O)c1cnc2c(CO)cccc2c1Nc1ccccc1CN. The van der Waals surface area contributed by atoms with Crippen molar-refractivity contribution in [1.82, 2.24) is 4.98 Å². The van der Waals surface area contributed by atoms with Crippen molar-refractivity contribution in [3.63, 3.8) is 0 Å². The normalized spacial score (nSPS) is 11.1. The molecule has 134 valence electrons. The second-order valence-electron chi connectivity index (χ2n) is 6.52. The summed E-state index contributed by atoms with van der Waals surface area (Å²) in [4.78, 5) is 17.2. The molecule has 26 heavy (non-hydrogen) atoms. The number of nitrogens with two attached hydrogens (primary N) is 1. The molecule has 4 N–H and O–H groups in total. The van der Waals surface area contributed by atoms with E-state index in [0.29, 0.717) is 23.3 Å². The summed E-state index contributed by atoms with van der Waals surface area (Å²) in [7, 11) is 0. The Hall–Kier alpha value is -2.76. The van der Waals surface area contributed by atoms with Crippen LogP contribution in [0.4, 0.5) is 11.4 Å². The van der Waals surface area contributed by atoms with Crippen molar-refractivity contribution in [3.05, 3.63) is 65.4 Å². The number of fused-ring (bicyclic) bond motifs is 1. The van der Waals surface area contributed by atoms with Crippen molar-refractivity contribution < 1.29 is 9.90 Å². The Morgan fingerprint density at radius 1 is 1.15 bits per heavy atom. The number of nitrogens with zero attached hydrogens (tertiary/aromatic N) is 1. The van der Waals surface area contributed by atoms with E-state index in [9.17, 15) is 9.90 Å². The number of anilines is 2. The van der Waals surface area contributed by atoms with Gasteiger partial charge >= 0.3 is 0 Å². The Morgan fingerprint density at radius 3 is 2.58 bits per heavy atom. The molecule has 3 rings (SSSR count). The van der Waals surface area contributed by atoms with E-state index in [1.54, 1.807) is 6.20 Å². The molecular formula is C21H23N3O2. The summed E-state index contributed by atoms with van der Waals surface area (Å²) in [5.74, 6) is -0.137. The van der Waals surface area contributed by atoms with Crippen LogP contribution in [0.15, 0.2) is 48.7 Å². The molecule has 3 aromatic rings. The minimum absolute atomic E-state index is 0.0153. The van der Waals surface area contributed by atoms with Gasteiger partial charge in [-0.25, -0.2) is 0 Å². The maximum atomic E-state index is 12.8. The van der Waals surface area contributed by atoms with E-state index in [1.807, 2.05) is 56.3 Å². The number of nitrogens with one attached hydrogen (secondary N) is 1. The number of carbonyl (C=O) groups excluding carboxylic acids is 1. The van der Waals surface area contributed by atoms with E-state index in [-0.39, 0.29) is 18.3 Å². The third-order valence-electron chi connectivity index (χ3n) is 4.44. The van der Waals surface area contributed by atoms with Crippen molar-refractivity contribution in [2.45, 2.75) is 27.0 Å². The molecule has 0 spiro atoms. The molecule has 0 saturated heterocycles. The fourth-order valence-corrected chi connectivity index (χ4v) is 3.00. The Labute approximate surface area is 152 Å². The molecule has 0 fully saturated rings. The lowest BCUT2D eigenvalue weighted by molar-refractivity contribution is 0.0940. The molecule has 0 aliphatic heterocycles. The number of benzene rings is 2. The lowest BCUT2D eigenvalue weighted by Gasteiger charge is -2.18. The molecule has 0 unspecified atom stereocenters. The minimum Gasteiger partial charge on any atom is -0.392 e. The zero-order chi connectivity index (χ0) is 18.7. The first kappa shape index (κ1) is 18.0. The topological polar surface area (TPSA) is 88.2 Å². The fraction of sp³-hybridized carbons (Fsp3) is 0.238. The number of Topliss-reactive ketones (excluding diaryl/α,β-unsaturated/α-hetero) is 1. The maximum absolute atomic E-state index is 12.8. The van der Waals surface area contributed by atoms with Crippen LogP contribution >= 0.6 is 0 Å². The van der Waals surface area contributed by atoms with E-state index in [4.69, 9.17) is 5.73 Å². The summed E-state index contributed by atoms with van der Waals surface area (Å²) >= 11 is 0. The monoisotopic (exact) mass is 349 g/mol. The van der Waals surface area contributed by atoms with E-state index in [2.05, 4.69) is 10.3 Å². The standard InChI is InChI=1S/C21H23N3O2/c1-13(2)21(26)17-11-23-19-15(12-25)7-5-8-16(19)20(17)24-18-9-4-3-6-14(18)10-22/h3-9,11,13,25H,10,12,22H2,1-2H3,(H,23,24). The predicted octanol–water partition coefficient (Wildman–Crippen LogP) is 3.77. The van der Waals surface area contributed by atoms with Crippen LogP contribution in [0, 0.1) is 5.92 Å². The first-order valence-electron chi connectivity index (χ1n) is 8.67. The highest BCUT2D eigenvalue weighted by Gasteiger charge is 2.19. The van der Waals surface area contributed by atoms with Gasteiger partial charge in [0.15, 0.2) is 5.78 Å². The first-order valence-corrected chi connectivity index (χ1v) is 8.67. The number of aliphatic hydroxyl groups is 1. The summed E-state index contributed by atoms with van der Waals surface area (Å²) < 4.78 is 0. The number of rotatable bonds is 6. The van der Waals surface area contributed by atoms with Gasteiger partial charge in [0.05, 0.1) is 23.4 Å². The Morgan fingerprint density at radius 2 is 1.88 bits per heavy atom. The molecule has 1 aromatic heterocycles. The number of pyridine rings is 1. The van der Waals surface area contributed by atoms with Gasteiger partial charge in [-0.1, -0.05) is 50.2 Å². The third kappa shape index (κ3) is 3.31. The van der Waals surface area contributed by atoms with Gasteiger partial charge in [0.25, 0.3) is 0 Å². The first-order chi connectivity index (χ1) is 12.6. The molecule has 0 atom stereocenters. The molecule has 2 aromatic carbocycles. The van der Waals surface area contributed by atoms with Gasteiger partial charge in [-0.2, -0.15) is 0 Å². The van der Waals surface area contributed by atoms with E-state index >= 15 is 0 Å². The molecule has 0 bridgehead atoms. The van der Waals surface area contributed by atoms with Gasteiger partial charge in [0, 0.05) is 35.3 Å². The van der Waals surface area contributed by atoms with Gasteiger partial charge in [-0.3, -0.25) is 9.78 Å². The van der Waals surface area contributed by atoms with Crippen molar-refractivity contribution in [3.8, 4) is 0 Å². The largest absolute Gasteiger partial charge is 0.392 e. The highest BCUT2D eigenvalue weighted by atomic mass is 16.3. The number of aromatic nitrogens is 1. The molecule has 0 amide bonds. The average molecular weight is 349 g/mol. The van der Waals surface area contributed by atoms with Crippen molar-refractivity contribution >= 4 is 28.1 Å². The second kappa shape index (κ2) is 7.64. The van der Waals surface area contributed by atoms with Gasteiger partial charge in [-0.15, -0.1) is 0 Å². The number of hydrogen-bond acceptors (Lipinski definition) is 5. The fourth-order valence-electron chi connectivity index (χ4n) is 3.00. The molecule has 0 aliphatic rings. The summed E-state index contributed by atoms with van der Waals surface area (Å²) in [5.41, 5.74) is 10.3. The third-order valence-corrected chi connectivity index (χ3v) is 4.44. The summed E-state index contributed by atoms with van der Waals surface area (Å²) in [5, 5.41) is 13.8. The molecule has 5 nitrogen and oxygen atoms in total. The van der Waals surface area contributed by atoms with Crippen molar-refractivity contribution in [1.29, 1.82) is 0 Å². The number of aliphatic hydroxyl groups excluding tert-OH is 1. The Balaban J connectivity index is 2.25. The van der Waals surface area contributed by atoms with E-state index < -0.39 is 0 Å². The van der Waals surface area contributed by atoms with Gasteiger partial charge in [0.2, 0.25) is 0 Å². The van der Waals surface area contributed by atoms with Crippen LogP contribution in [-0.4, -0.2) is 15.9 Å². The molecule has 0 aliphatic carbocycles. The van der Waals surface area contributed by atoms with Crippen LogP contribution in [0.25, 0.3) is 10.9 Å². The second-order valence-corrected chi connectivity index (χ2v) is 6.52. The molecule has 5 heteroatoms. The molecule has 0 saturated carbocycles. The average Bonchev–Trinajstić information content (AvgIpc) is 2.67. The van der Waals surface area contributed by atoms with Gasteiger partial charge in [-0.05, 0) is 11.6 Å². The highest BCUT2D eigenvalue weighted by Crippen LogP contribution is 2.33. The Bertz CT molecular complexity index is 951. The number of carbonyl (C=O) groups is 1. The van der Waals surface area contributed by atoms with Gasteiger partial charge < -0.3 is 16.2 Å². The minimum atomic E-state index is -0.152. The molecular weight excluding hydrogens is 326 g/mol. The maximum Gasteiger partial charge on any atom is 0.169 e. The van der Waals surface area contributed by atoms with Gasteiger partial charge in [0.1, 0.15) is 0 Å². The summed E-state index contributed by atoms with van der Waals surface area (Å²) in [6, 6.07) is 13.3. The lowest BCUT2D eigenvalue weighted by Crippen LogP contribution is -2.12. The molecule has 0 radical (unpaired) electrons. The predicted molar refractivity (Wildman–Crippen MR) is 104 cm³/mol. The zero-order valence-corrected chi connectivity index (χ0v) is 15.0. The lowest BCUT2D eigenvalue weighted by atomic mass is 9.97. The summed E-state index contributed by atoms with van der Waals surface area (Å²) in [6.45, 7) is 4.02. The van der Waals surface area contributed by atoms with E-state index in [1.165, 1.54) is 0 Å². The zero-order valence-electron chi connectivity index (χ0n) is 15.0. The van der Waals surface area contributed by atoms with Crippen LogP contribution in [-0.2, 0) is 13.2 Å². The van der Waals surface area contributed by atoms with Crippen LogP contribution in [0.5, 0.6) is 0 Å². The number of para-hydroxylation sites is 2. The highest BCUT2D eigenvalue weighted by molar-refractivity contribution is 6.10. The van der Waals surface area contributed by atoms with Crippen molar-refractivity contribution in [2.75, 3.05) is 5.32 Å². The number of ketones is 1. The van der Waals surface area contributed by atoms with Crippen LogP contribution < -0.4 is 11.1 Å².